The van der Waals surface area contributed by atoms with Crippen molar-refractivity contribution in [3.8, 4) is 0 Å². The van der Waals surface area contributed by atoms with Gasteiger partial charge >= 0.3 is 11.9 Å². The van der Waals surface area contributed by atoms with Crippen LogP contribution in [0.2, 0.25) is 0 Å². The van der Waals surface area contributed by atoms with Crippen molar-refractivity contribution >= 4 is 35.6 Å². The number of imidazole rings is 1. The molecule has 3 amide bonds. The van der Waals surface area contributed by atoms with Gasteiger partial charge in [0.25, 0.3) is 0 Å². The number of carbonyl (C=O) groups excluding carboxylic acids is 3. The third kappa shape index (κ3) is 9.34. The number of carboxylic acids is 2. The molecule has 1 aromatic heterocycles. The first-order valence-corrected chi connectivity index (χ1v) is 12.1. The number of rotatable bonds is 15. The second kappa shape index (κ2) is 14.5. The zero-order valence-electron chi connectivity index (χ0n) is 20.8. The van der Waals surface area contributed by atoms with Crippen molar-refractivity contribution < 1.29 is 34.2 Å². The third-order valence-electron chi connectivity index (χ3n) is 5.99. The van der Waals surface area contributed by atoms with Crippen LogP contribution in [0.25, 0.3) is 0 Å². The van der Waals surface area contributed by atoms with E-state index in [0.717, 1.165) is 0 Å². The van der Waals surface area contributed by atoms with Gasteiger partial charge in [-0.05, 0) is 32.1 Å². The number of likely N-dealkylation sites (tertiary alicyclic amines) is 1. The largest absolute Gasteiger partial charge is 0.481 e. The van der Waals surface area contributed by atoms with E-state index in [1.54, 1.807) is 6.20 Å². The number of guanidine groups is 1. The lowest BCUT2D eigenvalue weighted by Gasteiger charge is -2.28. The highest BCUT2D eigenvalue weighted by atomic mass is 16.4. The molecule has 0 spiro atoms. The lowest BCUT2D eigenvalue weighted by atomic mass is 10.1. The molecule has 1 aliphatic heterocycles. The molecule has 0 saturated carbocycles. The summed E-state index contributed by atoms with van der Waals surface area (Å²) < 4.78 is 0. The molecule has 38 heavy (non-hydrogen) atoms. The van der Waals surface area contributed by atoms with Gasteiger partial charge in [0.05, 0.1) is 12.4 Å². The van der Waals surface area contributed by atoms with E-state index in [2.05, 4.69) is 25.6 Å². The highest BCUT2D eigenvalue weighted by Crippen LogP contribution is 2.19. The Kier molecular flexibility index (Phi) is 11.5. The van der Waals surface area contributed by atoms with Gasteiger partial charge in [-0.3, -0.25) is 24.2 Å². The number of aromatic amines is 1. The fourth-order valence-electron chi connectivity index (χ4n) is 4.07. The lowest BCUT2D eigenvalue weighted by molar-refractivity contribution is -0.144. The quantitative estimate of drug-likeness (QED) is 0.0644. The van der Waals surface area contributed by atoms with Gasteiger partial charge in [0.2, 0.25) is 17.7 Å². The minimum absolute atomic E-state index is 0.0552. The molecule has 1 aliphatic rings. The Morgan fingerprint density at radius 1 is 1.16 bits per heavy atom. The van der Waals surface area contributed by atoms with Crippen LogP contribution in [-0.4, -0.2) is 98.0 Å². The molecule has 0 radical (unpaired) electrons. The van der Waals surface area contributed by atoms with Crippen molar-refractivity contribution in [1.29, 1.82) is 0 Å². The molecule has 1 aromatic rings. The first-order valence-electron chi connectivity index (χ1n) is 12.1. The van der Waals surface area contributed by atoms with Crippen LogP contribution in [0.1, 0.15) is 44.2 Å². The number of nitrogens with one attached hydrogen (secondary N) is 3. The number of carbonyl (C=O) groups is 5. The molecule has 11 N–H and O–H groups in total. The topological polar surface area (TPSA) is 272 Å². The highest BCUT2D eigenvalue weighted by Gasteiger charge is 2.38. The fourth-order valence-corrected chi connectivity index (χ4v) is 4.07. The Morgan fingerprint density at radius 2 is 1.89 bits per heavy atom. The summed E-state index contributed by atoms with van der Waals surface area (Å²) in [5.41, 5.74) is 17.4. The van der Waals surface area contributed by atoms with Crippen molar-refractivity contribution in [2.45, 2.75) is 69.1 Å². The maximum absolute atomic E-state index is 13.2. The SMILES string of the molecule is NC(N)=NCCCC(NC(=O)C1CCCN1C(=O)C(N)Cc1cnc[nH]1)C(=O)NC(CCC(=O)O)C(=O)O. The van der Waals surface area contributed by atoms with Gasteiger partial charge in [0.1, 0.15) is 18.1 Å². The molecule has 0 bridgehead atoms. The molecule has 1 fully saturated rings. The smallest absolute Gasteiger partial charge is 0.326 e. The zero-order valence-corrected chi connectivity index (χ0v) is 20.8. The van der Waals surface area contributed by atoms with Gasteiger partial charge in [-0.15, -0.1) is 0 Å². The molecule has 0 aromatic carbocycles. The van der Waals surface area contributed by atoms with Crippen molar-refractivity contribution in [2.24, 2.45) is 22.2 Å². The summed E-state index contributed by atoms with van der Waals surface area (Å²) in [5.74, 6) is -4.61. The Morgan fingerprint density at radius 3 is 2.50 bits per heavy atom. The number of nitrogens with zero attached hydrogens (tertiary/aromatic N) is 3. The average Bonchev–Trinajstić information content (AvgIpc) is 3.54. The predicted octanol–water partition coefficient (Wildman–Crippen LogP) is -2.76. The number of nitrogens with two attached hydrogens (primary N) is 3. The van der Waals surface area contributed by atoms with Crippen LogP contribution in [-0.2, 0) is 30.4 Å². The number of aromatic nitrogens is 2. The lowest BCUT2D eigenvalue weighted by Crippen LogP contribution is -2.56. The Labute approximate surface area is 218 Å². The summed E-state index contributed by atoms with van der Waals surface area (Å²) in [7, 11) is 0. The van der Waals surface area contributed by atoms with E-state index in [1.807, 2.05) is 0 Å². The van der Waals surface area contributed by atoms with Crippen molar-refractivity contribution in [2.75, 3.05) is 13.1 Å². The van der Waals surface area contributed by atoms with E-state index in [9.17, 15) is 29.1 Å². The summed E-state index contributed by atoms with van der Waals surface area (Å²) in [6, 6.07) is -4.43. The van der Waals surface area contributed by atoms with Gasteiger partial charge in [0.15, 0.2) is 5.96 Å². The Hall–Kier alpha value is -4.21. The van der Waals surface area contributed by atoms with E-state index >= 15 is 0 Å². The van der Waals surface area contributed by atoms with Gasteiger partial charge in [-0.25, -0.2) is 9.78 Å². The number of carboxylic acid groups (broad SMARTS) is 2. The molecule has 4 atom stereocenters. The van der Waals surface area contributed by atoms with Crippen LogP contribution in [0.5, 0.6) is 0 Å². The number of aliphatic imine (C=N–C) groups is 1. The van der Waals surface area contributed by atoms with Crippen LogP contribution in [0, 0.1) is 0 Å². The van der Waals surface area contributed by atoms with Gasteiger partial charge in [0, 0.05) is 37.8 Å². The van der Waals surface area contributed by atoms with Crippen LogP contribution < -0.4 is 27.8 Å². The average molecular weight is 538 g/mol. The summed E-state index contributed by atoms with van der Waals surface area (Å²) in [6.07, 6.45) is 3.63. The highest BCUT2D eigenvalue weighted by molar-refractivity contribution is 5.94. The van der Waals surface area contributed by atoms with Crippen LogP contribution in [0.3, 0.4) is 0 Å². The van der Waals surface area contributed by atoms with E-state index in [0.29, 0.717) is 25.1 Å². The number of aliphatic carboxylic acids is 2. The Bertz CT molecular complexity index is 1010. The third-order valence-corrected chi connectivity index (χ3v) is 5.99. The molecule has 16 heteroatoms. The minimum Gasteiger partial charge on any atom is -0.481 e. The number of amides is 3. The number of H-pyrrole nitrogens is 1. The van der Waals surface area contributed by atoms with Crippen molar-refractivity contribution in [3.05, 3.63) is 18.2 Å². The van der Waals surface area contributed by atoms with Crippen LogP contribution in [0.15, 0.2) is 17.5 Å². The zero-order chi connectivity index (χ0) is 28.2. The normalized spacial score (nSPS) is 17.2. The second-order valence-corrected chi connectivity index (χ2v) is 8.92. The predicted molar refractivity (Wildman–Crippen MR) is 133 cm³/mol. The maximum Gasteiger partial charge on any atom is 0.326 e. The molecule has 2 rings (SSSR count). The van der Waals surface area contributed by atoms with Crippen LogP contribution >= 0.6 is 0 Å². The molecule has 0 aliphatic carbocycles. The van der Waals surface area contributed by atoms with E-state index in [-0.39, 0.29) is 38.2 Å². The standard InChI is InChI=1S/C22H35N9O7/c23-13(9-12-10-26-11-28-12)20(36)31-8-2-4-16(31)19(35)29-14(3-1-7-27-22(24)25)18(34)30-15(21(37)38)5-6-17(32)33/h10-11,13-16H,1-9,23H2,(H,26,28)(H,29,35)(H,30,34)(H,32,33)(H,37,38)(H4,24,25,27). The molecule has 16 nitrogen and oxygen atoms in total. The van der Waals surface area contributed by atoms with E-state index < -0.39 is 60.2 Å². The monoisotopic (exact) mass is 537 g/mol. The number of hydrogen-bond acceptors (Lipinski definition) is 8. The molecular weight excluding hydrogens is 502 g/mol. The molecular formula is C22H35N9O7. The molecule has 4 unspecified atom stereocenters. The van der Waals surface area contributed by atoms with Gasteiger partial charge in [-0.1, -0.05) is 0 Å². The number of hydrogen-bond donors (Lipinski definition) is 8. The first-order chi connectivity index (χ1) is 18.0. The summed E-state index contributed by atoms with van der Waals surface area (Å²) in [6.45, 7) is 0.463. The molecule has 2 heterocycles. The summed E-state index contributed by atoms with van der Waals surface area (Å²) >= 11 is 0. The Balaban J connectivity index is 2.10. The summed E-state index contributed by atoms with van der Waals surface area (Å²) in [5, 5.41) is 23.1. The van der Waals surface area contributed by atoms with E-state index in [1.165, 1.54) is 11.2 Å². The van der Waals surface area contributed by atoms with Crippen molar-refractivity contribution in [1.82, 2.24) is 25.5 Å². The first kappa shape index (κ1) is 30.0. The molecule has 1 saturated heterocycles. The minimum atomic E-state index is -1.47. The van der Waals surface area contributed by atoms with Crippen LogP contribution in [0.4, 0.5) is 0 Å². The van der Waals surface area contributed by atoms with Gasteiger partial charge in [-0.2, -0.15) is 0 Å². The molecule has 210 valence electrons. The van der Waals surface area contributed by atoms with Crippen molar-refractivity contribution in [3.63, 3.8) is 0 Å². The maximum atomic E-state index is 13.2. The van der Waals surface area contributed by atoms with Gasteiger partial charge < -0.3 is 47.9 Å². The fraction of sp³-hybridized carbons (Fsp3) is 0.591. The summed E-state index contributed by atoms with van der Waals surface area (Å²) in [4.78, 5) is 73.5. The second-order valence-electron chi connectivity index (χ2n) is 8.92. The van der Waals surface area contributed by atoms with E-state index in [4.69, 9.17) is 22.3 Å².